The maximum atomic E-state index is 12.3. The van der Waals surface area contributed by atoms with Crippen molar-refractivity contribution >= 4 is 15.9 Å². The minimum Gasteiger partial charge on any atom is -0.198 e. The van der Waals surface area contributed by atoms with Gasteiger partial charge in [-0.15, -0.1) is 0 Å². The molecule has 80 valence electrons. The molecule has 1 aromatic rings. The molecule has 0 amide bonds. The Labute approximate surface area is 93.6 Å². The van der Waals surface area contributed by atoms with Gasteiger partial charge in [0.1, 0.15) is 0 Å². The molecule has 0 aliphatic heterocycles. The first-order valence-corrected chi connectivity index (χ1v) is 4.97. The molecule has 0 heterocycles. The molecule has 0 radical (unpaired) electrons. The second-order valence-electron chi connectivity index (χ2n) is 2.96. The van der Waals surface area contributed by atoms with Gasteiger partial charge >= 0.3 is 6.18 Å². The highest BCUT2D eigenvalue weighted by atomic mass is 79.9. The van der Waals surface area contributed by atoms with Crippen molar-refractivity contribution in [1.82, 2.24) is 0 Å². The van der Waals surface area contributed by atoms with Crippen LogP contribution in [0.25, 0.3) is 0 Å². The van der Waals surface area contributed by atoms with Crippen molar-refractivity contribution in [3.8, 4) is 6.07 Å². The first-order chi connectivity index (χ1) is 6.95. The number of benzene rings is 1. The number of hydrogen-bond donors (Lipinski definition) is 0. The zero-order valence-electron chi connectivity index (χ0n) is 7.61. The molecule has 0 spiro atoms. The number of nitriles is 1. The van der Waals surface area contributed by atoms with Gasteiger partial charge in [-0.1, -0.05) is 15.9 Å². The van der Waals surface area contributed by atoms with E-state index in [9.17, 15) is 13.2 Å². The summed E-state index contributed by atoms with van der Waals surface area (Å²) >= 11 is 3.15. The maximum Gasteiger partial charge on any atom is 0.416 e. The van der Waals surface area contributed by atoms with Gasteiger partial charge in [0.05, 0.1) is 11.6 Å². The molecule has 0 saturated carbocycles. The van der Waals surface area contributed by atoms with Crippen molar-refractivity contribution in [3.63, 3.8) is 0 Å². The molecule has 0 aromatic heterocycles. The summed E-state index contributed by atoms with van der Waals surface area (Å²) in [7, 11) is 0. The van der Waals surface area contributed by atoms with Crippen LogP contribution in [0.4, 0.5) is 13.2 Å². The Morgan fingerprint density at radius 1 is 1.33 bits per heavy atom. The maximum absolute atomic E-state index is 12.3. The van der Waals surface area contributed by atoms with Gasteiger partial charge in [0.25, 0.3) is 0 Å². The summed E-state index contributed by atoms with van der Waals surface area (Å²) in [5, 5.41) is 8.36. The number of rotatable bonds is 2. The van der Waals surface area contributed by atoms with Crippen LogP contribution >= 0.6 is 15.9 Å². The Kier molecular flexibility index (Phi) is 3.75. The smallest absolute Gasteiger partial charge is 0.198 e. The average Bonchev–Trinajstić information content (AvgIpc) is 2.15. The van der Waals surface area contributed by atoms with Crippen molar-refractivity contribution in [2.45, 2.75) is 19.0 Å². The minimum atomic E-state index is -4.33. The summed E-state index contributed by atoms with van der Waals surface area (Å²) in [5.41, 5.74) is -0.176. The van der Waals surface area contributed by atoms with Crippen LogP contribution in [-0.4, -0.2) is 0 Å². The van der Waals surface area contributed by atoms with E-state index in [1.54, 1.807) is 0 Å². The number of alkyl halides is 3. The summed E-state index contributed by atoms with van der Waals surface area (Å²) in [4.78, 5) is 0. The Balaban J connectivity index is 3.01. The number of nitrogens with zero attached hydrogens (tertiary/aromatic N) is 1. The van der Waals surface area contributed by atoms with Crippen molar-refractivity contribution < 1.29 is 13.2 Å². The molecule has 1 aromatic carbocycles. The van der Waals surface area contributed by atoms with E-state index in [-0.39, 0.29) is 6.42 Å². The lowest BCUT2D eigenvalue weighted by Gasteiger charge is -2.09. The number of halogens is 4. The molecule has 0 N–H and O–H groups in total. The van der Waals surface area contributed by atoms with Crippen LogP contribution < -0.4 is 0 Å². The van der Waals surface area contributed by atoms with E-state index in [1.165, 1.54) is 6.07 Å². The Morgan fingerprint density at radius 3 is 2.53 bits per heavy atom. The molecule has 0 unspecified atom stereocenters. The third-order valence-electron chi connectivity index (χ3n) is 1.88. The zero-order valence-corrected chi connectivity index (χ0v) is 9.19. The molecule has 0 aliphatic rings. The van der Waals surface area contributed by atoms with E-state index in [0.29, 0.717) is 16.5 Å². The number of hydrogen-bond acceptors (Lipinski definition) is 1. The SMILES string of the molecule is N#CCCc1cc(C(F)(F)F)ccc1Br. The van der Waals surface area contributed by atoms with E-state index < -0.39 is 11.7 Å². The van der Waals surface area contributed by atoms with Gasteiger partial charge in [0, 0.05) is 10.9 Å². The standard InChI is InChI=1S/C10H7BrF3N/c11-9-4-3-8(10(12,13)14)6-7(9)2-1-5-15/h3-4,6H,1-2H2. The average molecular weight is 278 g/mol. The van der Waals surface area contributed by atoms with Crippen LogP contribution in [0.3, 0.4) is 0 Å². The molecule has 0 fully saturated rings. The first kappa shape index (κ1) is 12.1. The molecule has 0 saturated heterocycles. The Morgan fingerprint density at radius 2 is 2.00 bits per heavy atom. The van der Waals surface area contributed by atoms with E-state index in [1.807, 2.05) is 6.07 Å². The fourth-order valence-corrected chi connectivity index (χ4v) is 1.58. The predicted octanol–water partition coefficient (Wildman–Crippen LogP) is 3.92. The zero-order chi connectivity index (χ0) is 11.5. The van der Waals surface area contributed by atoms with Crippen molar-refractivity contribution in [1.29, 1.82) is 5.26 Å². The summed E-state index contributed by atoms with van der Waals surface area (Å²) in [6, 6.07) is 5.34. The molecule has 5 heteroatoms. The Hall–Kier alpha value is -1.02. The highest BCUT2D eigenvalue weighted by molar-refractivity contribution is 9.10. The summed E-state index contributed by atoms with van der Waals surface area (Å²) < 4.78 is 37.6. The topological polar surface area (TPSA) is 23.8 Å². The second kappa shape index (κ2) is 4.67. The highest BCUT2D eigenvalue weighted by Gasteiger charge is 2.30. The van der Waals surface area contributed by atoms with Crippen LogP contribution in [0, 0.1) is 11.3 Å². The lowest BCUT2D eigenvalue weighted by atomic mass is 10.1. The molecule has 0 bridgehead atoms. The first-order valence-electron chi connectivity index (χ1n) is 4.17. The fraction of sp³-hybridized carbons (Fsp3) is 0.300. The number of aryl methyl sites for hydroxylation is 1. The third-order valence-corrected chi connectivity index (χ3v) is 2.65. The van der Waals surface area contributed by atoms with Crippen LogP contribution in [0.15, 0.2) is 22.7 Å². The molecular weight excluding hydrogens is 271 g/mol. The predicted molar refractivity (Wildman–Crippen MR) is 53.1 cm³/mol. The molecule has 0 aliphatic carbocycles. The largest absolute Gasteiger partial charge is 0.416 e. The quantitative estimate of drug-likeness (QED) is 0.804. The second-order valence-corrected chi connectivity index (χ2v) is 3.82. The fourth-order valence-electron chi connectivity index (χ4n) is 1.13. The summed E-state index contributed by atoms with van der Waals surface area (Å²) in [5.74, 6) is 0. The summed E-state index contributed by atoms with van der Waals surface area (Å²) in [6.07, 6.45) is -3.80. The molecular formula is C10H7BrF3N. The van der Waals surface area contributed by atoms with E-state index in [0.717, 1.165) is 12.1 Å². The van der Waals surface area contributed by atoms with Crippen LogP contribution in [0.1, 0.15) is 17.5 Å². The molecule has 15 heavy (non-hydrogen) atoms. The lowest BCUT2D eigenvalue weighted by molar-refractivity contribution is -0.137. The van der Waals surface area contributed by atoms with Gasteiger partial charge in [0.2, 0.25) is 0 Å². The molecule has 1 nitrogen and oxygen atoms in total. The van der Waals surface area contributed by atoms with E-state index in [2.05, 4.69) is 15.9 Å². The van der Waals surface area contributed by atoms with Crippen LogP contribution in [0.2, 0.25) is 0 Å². The van der Waals surface area contributed by atoms with Gasteiger partial charge in [-0.3, -0.25) is 0 Å². The summed E-state index contributed by atoms with van der Waals surface area (Å²) in [6.45, 7) is 0. The van der Waals surface area contributed by atoms with Gasteiger partial charge in [-0.25, -0.2) is 0 Å². The van der Waals surface area contributed by atoms with Crippen LogP contribution in [-0.2, 0) is 12.6 Å². The van der Waals surface area contributed by atoms with Crippen molar-refractivity contribution in [2.75, 3.05) is 0 Å². The van der Waals surface area contributed by atoms with E-state index in [4.69, 9.17) is 5.26 Å². The lowest BCUT2D eigenvalue weighted by Crippen LogP contribution is -2.05. The van der Waals surface area contributed by atoms with Gasteiger partial charge in [-0.05, 0) is 30.2 Å². The van der Waals surface area contributed by atoms with Crippen molar-refractivity contribution in [3.05, 3.63) is 33.8 Å². The van der Waals surface area contributed by atoms with Gasteiger partial charge in [-0.2, -0.15) is 18.4 Å². The van der Waals surface area contributed by atoms with Gasteiger partial charge < -0.3 is 0 Å². The minimum absolute atomic E-state index is 0.208. The van der Waals surface area contributed by atoms with Crippen LogP contribution in [0.5, 0.6) is 0 Å². The van der Waals surface area contributed by atoms with Gasteiger partial charge in [0.15, 0.2) is 0 Å². The monoisotopic (exact) mass is 277 g/mol. The molecule has 0 atom stereocenters. The normalized spacial score (nSPS) is 11.1. The Bertz CT molecular complexity index is 393. The van der Waals surface area contributed by atoms with E-state index >= 15 is 0 Å². The third kappa shape index (κ3) is 3.24. The molecule has 1 rings (SSSR count). The highest BCUT2D eigenvalue weighted by Crippen LogP contribution is 2.32. The van der Waals surface area contributed by atoms with Crippen molar-refractivity contribution in [2.24, 2.45) is 0 Å².